The van der Waals surface area contributed by atoms with Crippen molar-refractivity contribution in [1.82, 2.24) is 9.21 Å². The van der Waals surface area contributed by atoms with Gasteiger partial charge in [-0.2, -0.15) is 4.31 Å². The van der Waals surface area contributed by atoms with Gasteiger partial charge >= 0.3 is 6.03 Å². The van der Waals surface area contributed by atoms with Crippen LogP contribution < -0.4 is 5.32 Å². The Morgan fingerprint density at radius 1 is 1.15 bits per heavy atom. The molecule has 1 aliphatic heterocycles. The molecule has 1 N–H and O–H groups in total. The van der Waals surface area contributed by atoms with Crippen LogP contribution >= 0.6 is 0 Å². The van der Waals surface area contributed by atoms with Gasteiger partial charge in [-0.25, -0.2) is 22.0 Å². The van der Waals surface area contributed by atoms with Crippen LogP contribution in [0.1, 0.15) is 32.3 Å². The molecule has 0 unspecified atom stereocenters. The summed E-state index contributed by atoms with van der Waals surface area (Å²) in [5.74, 6) is -1.32. The van der Waals surface area contributed by atoms with E-state index in [4.69, 9.17) is 0 Å². The highest BCUT2D eigenvalue weighted by molar-refractivity contribution is 7.89. The van der Waals surface area contributed by atoms with Gasteiger partial charge in [0.25, 0.3) is 0 Å². The Hall–Kier alpha value is -2.85. The second-order valence-electron chi connectivity index (χ2n) is 8.29. The van der Waals surface area contributed by atoms with Crippen LogP contribution in [0.4, 0.5) is 19.3 Å². The molecule has 33 heavy (non-hydrogen) atoms. The van der Waals surface area contributed by atoms with Gasteiger partial charge in [0.2, 0.25) is 10.0 Å². The molecule has 178 valence electrons. The van der Waals surface area contributed by atoms with Crippen LogP contribution in [-0.4, -0.2) is 49.1 Å². The summed E-state index contributed by atoms with van der Waals surface area (Å²) in [6.45, 7) is 3.94. The van der Waals surface area contributed by atoms with Crippen LogP contribution in [0.5, 0.6) is 0 Å². The fraction of sp³-hybridized carbons (Fsp3) is 0.391. The Morgan fingerprint density at radius 2 is 1.79 bits per heavy atom. The third-order valence-corrected chi connectivity index (χ3v) is 7.58. The zero-order valence-electron chi connectivity index (χ0n) is 18.5. The van der Waals surface area contributed by atoms with Crippen LogP contribution in [-0.2, 0) is 21.4 Å². The van der Waals surface area contributed by atoms with Crippen molar-refractivity contribution in [2.75, 3.05) is 18.4 Å². The number of urea groups is 1. The number of halogens is 2. The number of hydrogen-bond donors (Lipinski definition) is 1. The lowest BCUT2D eigenvalue weighted by atomic mass is 10.0. The summed E-state index contributed by atoms with van der Waals surface area (Å²) in [5.41, 5.74) is 0.419. The van der Waals surface area contributed by atoms with Gasteiger partial charge in [-0.15, -0.1) is 0 Å². The van der Waals surface area contributed by atoms with Crippen molar-refractivity contribution >= 4 is 28.0 Å². The maximum atomic E-state index is 14.0. The predicted octanol–water partition coefficient (Wildman–Crippen LogP) is 4.01. The predicted molar refractivity (Wildman–Crippen MR) is 120 cm³/mol. The fourth-order valence-electron chi connectivity index (χ4n) is 3.64. The smallest absolute Gasteiger partial charge is 0.318 e. The lowest BCUT2D eigenvalue weighted by Gasteiger charge is -2.29. The Balaban J connectivity index is 1.69. The van der Waals surface area contributed by atoms with Gasteiger partial charge in [-0.05, 0) is 69.2 Å². The standard InChI is InChI=1S/C23H27F2N3O4S/c1-16(2)28(14-18-13-19(24)3-8-22(18)25)23(30)26-20-4-6-21(7-5-20)33(31,32)27-11-9-17(15-29)10-12-27/h3-8,13,15-17H,9-12,14H2,1-2H3,(H,26,30). The van der Waals surface area contributed by atoms with E-state index in [-0.39, 0.29) is 42.1 Å². The lowest BCUT2D eigenvalue weighted by Crippen LogP contribution is -2.39. The zero-order chi connectivity index (χ0) is 24.2. The molecular formula is C23H27F2N3O4S. The second-order valence-corrected chi connectivity index (χ2v) is 10.2. The second kappa shape index (κ2) is 10.4. The number of nitrogens with zero attached hydrogens (tertiary/aromatic N) is 2. The van der Waals surface area contributed by atoms with E-state index < -0.39 is 27.7 Å². The molecule has 1 fully saturated rings. The Morgan fingerprint density at radius 3 is 2.36 bits per heavy atom. The Bertz CT molecular complexity index is 1100. The number of nitrogens with one attached hydrogen (secondary N) is 1. The number of rotatable bonds is 7. The number of hydrogen-bond acceptors (Lipinski definition) is 4. The molecule has 2 aromatic rings. The van der Waals surface area contributed by atoms with Crippen LogP contribution in [0.25, 0.3) is 0 Å². The third kappa shape index (κ3) is 5.94. The summed E-state index contributed by atoms with van der Waals surface area (Å²) in [5, 5.41) is 2.67. The molecule has 0 spiro atoms. The highest BCUT2D eigenvalue weighted by atomic mass is 32.2. The zero-order valence-corrected chi connectivity index (χ0v) is 19.3. The van der Waals surface area contributed by atoms with Crippen molar-refractivity contribution in [3.8, 4) is 0 Å². The number of piperidine rings is 1. The Kier molecular flexibility index (Phi) is 7.80. The lowest BCUT2D eigenvalue weighted by molar-refractivity contribution is -0.112. The van der Waals surface area contributed by atoms with Gasteiger partial charge in [-0.3, -0.25) is 0 Å². The minimum absolute atomic E-state index is 0.0543. The van der Waals surface area contributed by atoms with E-state index in [2.05, 4.69) is 5.32 Å². The molecule has 1 heterocycles. The molecule has 1 saturated heterocycles. The minimum atomic E-state index is -3.70. The SMILES string of the molecule is CC(C)N(Cc1cc(F)ccc1F)C(=O)Nc1ccc(S(=O)(=O)N2CCC(C=O)CC2)cc1. The first-order valence-corrected chi connectivity index (χ1v) is 12.1. The summed E-state index contributed by atoms with van der Waals surface area (Å²) in [7, 11) is -3.70. The van der Waals surface area contributed by atoms with E-state index in [0.717, 1.165) is 24.5 Å². The highest BCUT2D eigenvalue weighted by Gasteiger charge is 2.29. The van der Waals surface area contributed by atoms with Crippen molar-refractivity contribution in [3.63, 3.8) is 0 Å². The summed E-state index contributed by atoms with van der Waals surface area (Å²) < 4.78 is 54.6. The first-order valence-electron chi connectivity index (χ1n) is 10.7. The molecule has 0 aliphatic carbocycles. The van der Waals surface area contributed by atoms with Crippen molar-refractivity contribution < 1.29 is 26.8 Å². The van der Waals surface area contributed by atoms with Crippen LogP contribution in [0.15, 0.2) is 47.4 Å². The molecule has 2 aromatic carbocycles. The van der Waals surface area contributed by atoms with Gasteiger partial charge in [0, 0.05) is 36.3 Å². The molecule has 0 aromatic heterocycles. The van der Waals surface area contributed by atoms with Crippen molar-refractivity contribution in [1.29, 1.82) is 0 Å². The van der Waals surface area contributed by atoms with Gasteiger partial charge in [0.1, 0.15) is 17.9 Å². The molecule has 0 saturated carbocycles. The minimum Gasteiger partial charge on any atom is -0.318 e. The molecule has 0 atom stereocenters. The largest absolute Gasteiger partial charge is 0.322 e. The summed E-state index contributed by atoms with van der Waals surface area (Å²) in [6, 6.07) is 8.01. The molecule has 1 aliphatic rings. The fourth-order valence-corrected chi connectivity index (χ4v) is 5.11. The van der Waals surface area contributed by atoms with Crippen molar-refractivity contribution in [2.45, 2.75) is 44.2 Å². The third-order valence-electron chi connectivity index (χ3n) is 5.67. The molecule has 0 radical (unpaired) electrons. The summed E-state index contributed by atoms with van der Waals surface area (Å²) in [4.78, 5) is 25.1. The van der Waals surface area contributed by atoms with Gasteiger partial charge in [0.05, 0.1) is 11.4 Å². The monoisotopic (exact) mass is 479 g/mol. The van der Waals surface area contributed by atoms with E-state index in [1.165, 1.54) is 33.5 Å². The highest BCUT2D eigenvalue weighted by Crippen LogP contribution is 2.24. The first kappa shape index (κ1) is 24.8. The number of aldehydes is 1. The molecule has 2 amide bonds. The quantitative estimate of drug-likeness (QED) is 0.608. The van der Waals surface area contributed by atoms with E-state index in [0.29, 0.717) is 18.5 Å². The van der Waals surface area contributed by atoms with Crippen LogP contribution in [0.2, 0.25) is 0 Å². The molecule has 0 bridgehead atoms. The summed E-state index contributed by atoms with van der Waals surface area (Å²) >= 11 is 0. The molecule has 7 nitrogen and oxygen atoms in total. The number of sulfonamides is 1. The molecule has 3 rings (SSSR count). The van der Waals surface area contributed by atoms with Crippen molar-refractivity contribution in [2.24, 2.45) is 5.92 Å². The normalized spacial score (nSPS) is 15.4. The summed E-state index contributed by atoms with van der Waals surface area (Å²) in [6.07, 6.45) is 1.85. The maximum absolute atomic E-state index is 14.0. The topological polar surface area (TPSA) is 86.8 Å². The number of anilines is 1. The molecule has 10 heteroatoms. The van der Waals surface area contributed by atoms with Gasteiger partial charge in [0.15, 0.2) is 0 Å². The molecular weight excluding hydrogens is 452 g/mol. The number of amides is 2. The average molecular weight is 480 g/mol. The average Bonchev–Trinajstić information content (AvgIpc) is 2.79. The first-order chi connectivity index (χ1) is 15.6. The maximum Gasteiger partial charge on any atom is 0.322 e. The number of carbonyl (C=O) groups excluding carboxylic acids is 2. The number of benzene rings is 2. The van der Waals surface area contributed by atoms with Crippen LogP contribution in [0.3, 0.4) is 0 Å². The van der Waals surface area contributed by atoms with Gasteiger partial charge < -0.3 is 15.0 Å². The Labute approximate surface area is 192 Å². The van der Waals surface area contributed by atoms with Crippen molar-refractivity contribution in [3.05, 3.63) is 59.7 Å². The van der Waals surface area contributed by atoms with Crippen LogP contribution in [0, 0.1) is 17.6 Å². The number of carbonyl (C=O) groups is 2. The van der Waals surface area contributed by atoms with E-state index in [1.54, 1.807) is 13.8 Å². The van der Waals surface area contributed by atoms with E-state index in [1.807, 2.05) is 0 Å². The van der Waals surface area contributed by atoms with E-state index >= 15 is 0 Å². The van der Waals surface area contributed by atoms with E-state index in [9.17, 15) is 26.8 Å². The van der Waals surface area contributed by atoms with Gasteiger partial charge in [-0.1, -0.05) is 0 Å².